The van der Waals surface area contributed by atoms with Gasteiger partial charge in [0.1, 0.15) is 0 Å². The van der Waals surface area contributed by atoms with Crippen LogP contribution in [0.3, 0.4) is 0 Å². The number of nitrogens with one attached hydrogen (secondary N) is 1. The lowest BCUT2D eigenvalue weighted by Crippen LogP contribution is -2.62. The van der Waals surface area contributed by atoms with Crippen LogP contribution in [0.25, 0.3) is 0 Å². The molecule has 0 aromatic rings. The van der Waals surface area contributed by atoms with E-state index in [1.54, 1.807) is 9.21 Å². The zero-order chi connectivity index (χ0) is 15.4. The van der Waals surface area contributed by atoms with E-state index in [1.807, 2.05) is 0 Å². The molecule has 2 bridgehead atoms. The summed E-state index contributed by atoms with van der Waals surface area (Å²) in [6.07, 6.45) is 6.90. The number of hydrogen-bond acceptors (Lipinski definition) is 3. The smallest absolute Gasteiger partial charge is 0.317 e. The van der Waals surface area contributed by atoms with Crippen molar-refractivity contribution in [1.82, 2.24) is 14.5 Å². The standard InChI is InChI=1S/C15H25N3O3S/c19-14-16-7-8-18(14)13-9-17(10-13)22(20,21)11-15-4-1-12(2-5-15)3-6-15/h12-13H,1-11H2,(H,16,19). The van der Waals surface area contributed by atoms with Crippen LogP contribution in [0.5, 0.6) is 0 Å². The fraction of sp³-hybridized carbons (Fsp3) is 0.933. The lowest BCUT2D eigenvalue weighted by molar-refractivity contribution is 0.0810. The Bertz CT molecular complexity index is 549. The zero-order valence-corrected chi connectivity index (χ0v) is 13.8. The number of carbonyl (C=O) groups is 1. The van der Waals surface area contributed by atoms with Crippen molar-refractivity contribution in [3.05, 3.63) is 0 Å². The molecule has 0 aromatic heterocycles. The van der Waals surface area contributed by atoms with Crippen molar-refractivity contribution < 1.29 is 13.2 Å². The number of sulfonamides is 1. The van der Waals surface area contributed by atoms with Crippen LogP contribution < -0.4 is 5.32 Å². The first-order valence-corrected chi connectivity index (χ1v) is 10.1. The van der Waals surface area contributed by atoms with E-state index in [1.165, 1.54) is 19.3 Å². The molecule has 0 unspecified atom stereocenters. The van der Waals surface area contributed by atoms with Gasteiger partial charge in [-0.05, 0) is 49.9 Å². The molecule has 0 radical (unpaired) electrons. The topological polar surface area (TPSA) is 69.7 Å². The maximum atomic E-state index is 12.7. The first kappa shape index (κ1) is 14.8. The molecule has 2 saturated heterocycles. The van der Waals surface area contributed by atoms with Crippen LogP contribution in [0.4, 0.5) is 4.79 Å². The molecule has 22 heavy (non-hydrogen) atoms. The highest BCUT2D eigenvalue weighted by atomic mass is 32.2. The predicted molar refractivity (Wildman–Crippen MR) is 82.9 cm³/mol. The van der Waals surface area contributed by atoms with Gasteiger partial charge < -0.3 is 10.2 Å². The van der Waals surface area contributed by atoms with Crippen LogP contribution in [0.1, 0.15) is 38.5 Å². The van der Waals surface area contributed by atoms with Gasteiger partial charge in [-0.1, -0.05) is 0 Å². The third-order valence-electron chi connectivity index (χ3n) is 6.29. The van der Waals surface area contributed by atoms with Gasteiger partial charge >= 0.3 is 6.03 Å². The summed E-state index contributed by atoms with van der Waals surface area (Å²) in [4.78, 5) is 13.4. The summed E-state index contributed by atoms with van der Waals surface area (Å²) in [7, 11) is -3.17. The first-order chi connectivity index (χ1) is 10.5. The van der Waals surface area contributed by atoms with E-state index in [0.717, 1.165) is 25.2 Å². The monoisotopic (exact) mass is 327 g/mol. The second kappa shape index (κ2) is 5.09. The fourth-order valence-corrected chi connectivity index (χ4v) is 6.90. The van der Waals surface area contributed by atoms with Gasteiger partial charge in [0.2, 0.25) is 10.0 Å². The molecule has 2 aliphatic heterocycles. The maximum absolute atomic E-state index is 12.7. The average molecular weight is 327 g/mol. The summed E-state index contributed by atoms with van der Waals surface area (Å²) in [5.41, 5.74) is 0.0453. The van der Waals surface area contributed by atoms with Gasteiger partial charge in [-0.2, -0.15) is 4.31 Å². The molecule has 3 aliphatic carbocycles. The highest BCUT2D eigenvalue weighted by molar-refractivity contribution is 7.89. The minimum atomic E-state index is -3.17. The Labute approximate surface area is 132 Å². The lowest BCUT2D eigenvalue weighted by atomic mass is 9.62. The van der Waals surface area contributed by atoms with Crippen LogP contribution >= 0.6 is 0 Å². The van der Waals surface area contributed by atoms with Gasteiger partial charge in [0.25, 0.3) is 0 Å². The first-order valence-electron chi connectivity index (χ1n) is 8.50. The van der Waals surface area contributed by atoms with Crippen LogP contribution in [0.15, 0.2) is 0 Å². The molecule has 5 fully saturated rings. The van der Waals surface area contributed by atoms with Crippen molar-refractivity contribution in [2.75, 3.05) is 31.9 Å². The fourth-order valence-electron chi connectivity index (χ4n) is 4.71. The van der Waals surface area contributed by atoms with E-state index >= 15 is 0 Å². The molecule has 2 amide bonds. The number of carbonyl (C=O) groups excluding carboxylic acids is 1. The molecule has 7 heteroatoms. The molecular formula is C15H25N3O3S. The summed E-state index contributed by atoms with van der Waals surface area (Å²) in [6, 6.07) is 0.0168. The Morgan fingerprint density at radius 2 is 1.77 bits per heavy atom. The molecule has 5 aliphatic rings. The molecule has 1 N–H and O–H groups in total. The maximum Gasteiger partial charge on any atom is 0.317 e. The molecule has 5 rings (SSSR count). The number of amides is 2. The quantitative estimate of drug-likeness (QED) is 0.837. The van der Waals surface area contributed by atoms with Crippen molar-refractivity contribution in [3.63, 3.8) is 0 Å². The Morgan fingerprint density at radius 1 is 1.14 bits per heavy atom. The van der Waals surface area contributed by atoms with Crippen molar-refractivity contribution in [3.8, 4) is 0 Å². The predicted octanol–water partition coefficient (Wildman–Crippen LogP) is 0.996. The Balaban J connectivity index is 1.37. The van der Waals surface area contributed by atoms with Gasteiger partial charge in [0, 0.05) is 26.2 Å². The number of hydrogen-bond donors (Lipinski definition) is 1. The molecule has 0 atom stereocenters. The van der Waals surface area contributed by atoms with Crippen LogP contribution in [-0.2, 0) is 10.0 Å². The summed E-state index contributed by atoms with van der Waals surface area (Å²) in [6.45, 7) is 2.33. The minimum Gasteiger partial charge on any atom is -0.336 e. The van der Waals surface area contributed by atoms with Gasteiger partial charge in [0.05, 0.1) is 11.8 Å². The average Bonchev–Trinajstić information content (AvgIpc) is 2.84. The number of fused-ring (bicyclic) bond motifs is 3. The van der Waals surface area contributed by atoms with Crippen molar-refractivity contribution in [1.29, 1.82) is 0 Å². The van der Waals surface area contributed by atoms with Gasteiger partial charge in [-0.3, -0.25) is 0 Å². The second-order valence-electron chi connectivity index (χ2n) is 7.63. The summed E-state index contributed by atoms with van der Waals surface area (Å²) >= 11 is 0. The largest absolute Gasteiger partial charge is 0.336 e. The van der Waals surface area contributed by atoms with Gasteiger partial charge in [-0.15, -0.1) is 0 Å². The lowest BCUT2D eigenvalue weighted by Gasteiger charge is -2.48. The molecule has 0 spiro atoms. The molecule has 6 nitrogen and oxygen atoms in total. The van der Waals surface area contributed by atoms with E-state index in [9.17, 15) is 13.2 Å². The van der Waals surface area contributed by atoms with Crippen molar-refractivity contribution in [2.24, 2.45) is 11.3 Å². The van der Waals surface area contributed by atoms with Crippen molar-refractivity contribution in [2.45, 2.75) is 44.6 Å². The number of urea groups is 1. The molecule has 124 valence electrons. The third-order valence-corrected chi connectivity index (χ3v) is 8.35. The number of rotatable bonds is 4. The van der Waals surface area contributed by atoms with Gasteiger partial charge in [0.15, 0.2) is 0 Å². The third kappa shape index (κ3) is 2.42. The zero-order valence-electron chi connectivity index (χ0n) is 13.0. The SMILES string of the molecule is O=C1NCCN1C1CN(S(=O)(=O)CC23CCC(CC2)CC3)C1. The van der Waals surface area contributed by atoms with Crippen LogP contribution in [0.2, 0.25) is 0 Å². The highest BCUT2D eigenvalue weighted by Gasteiger charge is 2.47. The van der Waals surface area contributed by atoms with E-state index in [2.05, 4.69) is 5.32 Å². The Morgan fingerprint density at radius 3 is 2.32 bits per heavy atom. The van der Waals surface area contributed by atoms with E-state index in [0.29, 0.717) is 31.9 Å². The molecule has 3 saturated carbocycles. The normalized spacial score (nSPS) is 36.5. The molecular weight excluding hydrogens is 302 g/mol. The Kier molecular flexibility index (Phi) is 3.41. The van der Waals surface area contributed by atoms with Crippen LogP contribution in [0, 0.1) is 11.3 Å². The van der Waals surface area contributed by atoms with Crippen molar-refractivity contribution >= 4 is 16.1 Å². The second-order valence-corrected chi connectivity index (χ2v) is 9.60. The van der Waals surface area contributed by atoms with Gasteiger partial charge in [-0.25, -0.2) is 13.2 Å². The summed E-state index contributed by atoms with van der Waals surface area (Å²) in [5, 5.41) is 2.78. The molecule has 0 aromatic carbocycles. The Hall–Kier alpha value is -0.820. The van der Waals surface area contributed by atoms with E-state index in [4.69, 9.17) is 0 Å². The van der Waals surface area contributed by atoms with E-state index in [-0.39, 0.29) is 17.5 Å². The van der Waals surface area contributed by atoms with Crippen LogP contribution in [-0.4, -0.2) is 61.6 Å². The summed E-state index contributed by atoms with van der Waals surface area (Å²) < 4.78 is 27.0. The highest BCUT2D eigenvalue weighted by Crippen LogP contribution is 2.51. The van der Waals surface area contributed by atoms with E-state index < -0.39 is 10.0 Å². The number of nitrogens with zero attached hydrogens (tertiary/aromatic N) is 2. The molecule has 2 heterocycles. The summed E-state index contributed by atoms with van der Waals surface area (Å²) in [5.74, 6) is 1.18. The minimum absolute atomic E-state index is 0.0453.